The van der Waals surface area contributed by atoms with Crippen LogP contribution in [0, 0.1) is 5.92 Å². The quantitative estimate of drug-likeness (QED) is 0.553. The van der Waals surface area contributed by atoms with Gasteiger partial charge in [0.15, 0.2) is 0 Å². The zero-order valence-corrected chi connectivity index (χ0v) is 16.4. The minimum absolute atomic E-state index is 0.120. The molecule has 1 aliphatic carbocycles. The third-order valence-electron chi connectivity index (χ3n) is 4.72. The number of rotatable bonds is 9. The highest BCUT2D eigenvalue weighted by Crippen LogP contribution is 2.48. The Morgan fingerprint density at radius 3 is 2.12 bits per heavy atom. The second-order valence-electron chi connectivity index (χ2n) is 7.26. The van der Waals surface area contributed by atoms with Crippen LogP contribution in [0.5, 0.6) is 11.5 Å². The van der Waals surface area contributed by atoms with Crippen LogP contribution >= 0.6 is 0 Å². The number of carboxylic acids is 1. The lowest BCUT2D eigenvalue weighted by Gasteiger charge is -2.15. The maximum Gasteiger partial charge on any atom is 0.573 e. The van der Waals surface area contributed by atoms with Crippen LogP contribution in [0.1, 0.15) is 22.3 Å². The van der Waals surface area contributed by atoms with Gasteiger partial charge in [0.25, 0.3) is 11.8 Å². The van der Waals surface area contributed by atoms with Gasteiger partial charge in [0.2, 0.25) is 0 Å². The van der Waals surface area contributed by atoms with Gasteiger partial charge < -0.3 is 19.9 Å². The zero-order chi connectivity index (χ0) is 23.5. The van der Waals surface area contributed by atoms with Crippen molar-refractivity contribution in [2.24, 2.45) is 5.92 Å². The summed E-state index contributed by atoms with van der Waals surface area (Å²) in [7, 11) is 0. The first-order chi connectivity index (χ1) is 14.9. The van der Waals surface area contributed by atoms with Gasteiger partial charge in [-0.25, -0.2) is 13.6 Å². The number of halogens is 5. The van der Waals surface area contributed by atoms with Crippen LogP contribution < -0.4 is 14.8 Å². The first kappa shape index (κ1) is 23.3. The SMILES string of the molecule is O=C(NC(Cc1ccc(OC(F)(F)F)cc1)C(=O)O)c1ccc(OCC2CC2(F)F)cc1. The van der Waals surface area contributed by atoms with Crippen LogP contribution in [-0.4, -0.2) is 41.9 Å². The van der Waals surface area contributed by atoms with E-state index in [1.165, 1.54) is 36.4 Å². The van der Waals surface area contributed by atoms with Crippen molar-refractivity contribution in [3.8, 4) is 11.5 Å². The van der Waals surface area contributed by atoms with E-state index in [0.717, 1.165) is 12.1 Å². The molecular weight excluding hydrogens is 441 g/mol. The second kappa shape index (κ2) is 9.01. The van der Waals surface area contributed by atoms with E-state index in [-0.39, 0.29) is 25.0 Å². The number of hydrogen-bond donors (Lipinski definition) is 2. The van der Waals surface area contributed by atoms with Crippen molar-refractivity contribution in [2.75, 3.05) is 6.61 Å². The van der Waals surface area contributed by atoms with Crippen LogP contribution in [0.15, 0.2) is 48.5 Å². The monoisotopic (exact) mass is 459 g/mol. The van der Waals surface area contributed by atoms with Crippen LogP contribution in [0.4, 0.5) is 22.0 Å². The molecule has 2 N–H and O–H groups in total. The van der Waals surface area contributed by atoms with Gasteiger partial charge in [0, 0.05) is 18.4 Å². The number of ether oxygens (including phenoxy) is 2. The van der Waals surface area contributed by atoms with E-state index in [1.54, 1.807) is 0 Å². The fourth-order valence-electron chi connectivity index (χ4n) is 2.85. The number of aliphatic carboxylic acids is 1. The van der Waals surface area contributed by atoms with E-state index in [0.29, 0.717) is 11.3 Å². The van der Waals surface area contributed by atoms with E-state index >= 15 is 0 Å². The van der Waals surface area contributed by atoms with Gasteiger partial charge in [-0.05, 0) is 42.0 Å². The van der Waals surface area contributed by atoms with Gasteiger partial charge in [0.1, 0.15) is 17.5 Å². The zero-order valence-electron chi connectivity index (χ0n) is 16.4. The van der Waals surface area contributed by atoms with Gasteiger partial charge in [-0.3, -0.25) is 4.79 Å². The minimum atomic E-state index is -4.84. The van der Waals surface area contributed by atoms with Gasteiger partial charge >= 0.3 is 12.3 Å². The third kappa shape index (κ3) is 6.56. The summed E-state index contributed by atoms with van der Waals surface area (Å²) in [5.41, 5.74) is 0.488. The minimum Gasteiger partial charge on any atom is -0.493 e. The molecule has 0 bridgehead atoms. The van der Waals surface area contributed by atoms with E-state index in [2.05, 4.69) is 10.1 Å². The molecule has 6 nitrogen and oxygen atoms in total. The summed E-state index contributed by atoms with van der Waals surface area (Å²) in [5.74, 6) is -5.72. The molecule has 0 heterocycles. The summed E-state index contributed by atoms with van der Waals surface area (Å²) in [4.78, 5) is 23.9. The summed E-state index contributed by atoms with van der Waals surface area (Å²) in [6.07, 6.45) is -5.24. The maximum atomic E-state index is 12.9. The molecule has 3 rings (SSSR count). The lowest BCUT2D eigenvalue weighted by Crippen LogP contribution is -2.42. The second-order valence-corrected chi connectivity index (χ2v) is 7.26. The van der Waals surface area contributed by atoms with Crippen molar-refractivity contribution < 1.29 is 46.1 Å². The standard InChI is InChI=1S/C21H18F5NO5/c22-20(23)10-14(20)11-31-15-7-3-13(4-8-15)18(28)27-17(19(29)30)9-12-1-5-16(6-2-12)32-21(24,25)26/h1-8,14,17H,9-11H2,(H,27,28)(H,29,30). The highest BCUT2D eigenvalue weighted by atomic mass is 19.4. The summed E-state index contributed by atoms with van der Waals surface area (Å²) in [6.45, 7) is -0.146. The largest absolute Gasteiger partial charge is 0.573 e. The van der Waals surface area contributed by atoms with Crippen LogP contribution in [0.3, 0.4) is 0 Å². The molecule has 1 amide bonds. The fourth-order valence-corrected chi connectivity index (χ4v) is 2.85. The van der Waals surface area contributed by atoms with E-state index < -0.39 is 41.9 Å². The van der Waals surface area contributed by atoms with Gasteiger partial charge in [-0.15, -0.1) is 13.2 Å². The molecule has 1 fully saturated rings. The third-order valence-corrected chi connectivity index (χ3v) is 4.72. The number of carbonyl (C=O) groups excluding carboxylic acids is 1. The van der Waals surface area contributed by atoms with E-state index in [1.807, 2.05) is 0 Å². The highest BCUT2D eigenvalue weighted by Gasteiger charge is 2.57. The Balaban J connectivity index is 1.56. The van der Waals surface area contributed by atoms with Gasteiger partial charge in [-0.2, -0.15) is 0 Å². The Labute approximate surface area is 178 Å². The van der Waals surface area contributed by atoms with Crippen LogP contribution in [0.25, 0.3) is 0 Å². The number of nitrogens with one attached hydrogen (secondary N) is 1. The molecule has 0 aromatic heterocycles. The molecule has 2 aromatic carbocycles. The number of hydrogen-bond acceptors (Lipinski definition) is 4. The predicted octanol–water partition coefficient (Wildman–Crippen LogP) is 4.04. The Kier molecular flexibility index (Phi) is 6.56. The molecule has 2 unspecified atom stereocenters. The average Bonchev–Trinajstić information content (AvgIpc) is 3.33. The molecule has 0 saturated heterocycles. The average molecular weight is 459 g/mol. The van der Waals surface area contributed by atoms with Crippen molar-refractivity contribution in [3.63, 3.8) is 0 Å². The normalized spacial score (nSPS) is 17.8. The first-order valence-electron chi connectivity index (χ1n) is 9.42. The predicted molar refractivity (Wildman–Crippen MR) is 101 cm³/mol. The lowest BCUT2D eigenvalue weighted by atomic mass is 10.1. The smallest absolute Gasteiger partial charge is 0.493 e. The number of carboxylic acid groups (broad SMARTS) is 1. The molecule has 32 heavy (non-hydrogen) atoms. The first-order valence-corrected chi connectivity index (χ1v) is 9.42. The highest BCUT2D eigenvalue weighted by molar-refractivity contribution is 5.96. The van der Waals surface area contributed by atoms with Gasteiger partial charge in [-0.1, -0.05) is 12.1 Å². The van der Waals surface area contributed by atoms with E-state index in [9.17, 15) is 36.6 Å². The fraction of sp³-hybridized carbons (Fsp3) is 0.333. The van der Waals surface area contributed by atoms with Crippen LogP contribution in [-0.2, 0) is 11.2 Å². The van der Waals surface area contributed by atoms with Crippen molar-refractivity contribution >= 4 is 11.9 Å². The molecule has 0 aliphatic heterocycles. The van der Waals surface area contributed by atoms with Crippen LogP contribution in [0.2, 0.25) is 0 Å². The molecule has 1 aliphatic rings. The summed E-state index contributed by atoms with van der Waals surface area (Å²) in [6, 6.07) is 8.80. The number of amides is 1. The molecule has 1 saturated carbocycles. The molecular formula is C21H18F5NO5. The Morgan fingerprint density at radius 1 is 1.06 bits per heavy atom. The Hall–Kier alpha value is -3.37. The topological polar surface area (TPSA) is 84.9 Å². The molecule has 2 atom stereocenters. The summed E-state index contributed by atoms with van der Waals surface area (Å²) < 4.78 is 71.4. The molecule has 0 spiro atoms. The maximum absolute atomic E-state index is 12.9. The van der Waals surface area contributed by atoms with Crippen molar-refractivity contribution in [1.29, 1.82) is 0 Å². The van der Waals surface area contributed by atoms with E-state index in [4.69, 9.17) is 4.74 Å². The van der Waals surface area contributed by atoms with Crippen molar-refractivity contribution in [2.45, 2.75) is 31.2 Å². The molecule has 11 heteroatoms. The number of alkyl halides is 5. The van der Waals surface area contributed by atoms with Crippen molar-refractivity contribution in [1.82, 2.24) is 5.32 Å². The Bertz CT molecular complexity index is 960. The molecule has 172 valence electrons. The molecule has 0 radical (unpaired) electrons. The molecule has 2 aromatic rings. The van der Waals surface area contributed by atoms with Crippen molar-refractivity contribution in [3.05, 3.63) is 59.7 Å². The number of benzene rings is 2. The lowest BCUT2D eigenvalue weighted by molar-refractivity contribution is -0.274. The number of carbonyl (C=O) groups is 2. The summed E-state index contributed by atoms with van der Waals surface area (Å²) in [5, 5.41) is 11.7. The Morgan fingerprint density at radius 2 is 1.62 bits per heavy atom. The van der Waals surface area contributed by atoms with Gasteiger partial charge in [0.05, 0.1) is 12.5 Å². The summed E-state index contributed by atoms with van der Waals surface area (Å²) >= 11 is 0.